The molecule has 0 spiro atoms. The molecule has 3 aromatic rings. The molecular formula is C19H23N. The van der Waals surface area contributed by atoms with E-state index in [1.807, 2.05) is 0 Å². The van der Waals surface area contributed by atoms with Gasteiger partial charge in [0.05, 0.1) is 0 Å². The highest BCUT2D eigenvalue weighted by Gasteiger charge is 2.13. The molecule has 3 rings (SSSR count). The van der Waals surface area contributed by atoms with Crippen LogP contribution in [0.1, 0.15) is 31.5 Å². The van der Waals surface area contributed by atoms with E-state index in [4.69, 9.17) is 0 Å². The van der Waals surface area contributed by atoms with Crippen molar-refractivity contribution in [2.45, 2.75) is 40.7 Å². The highest BCUT2D eigenvalue weighted by Crippen LogP contribution is 2.32. The number of benzene rings is 2. The molecule has 0 saturated carbocycles. The van der Waals surface area contributed by atoms with E-state index in [9.17, 15) is 0 Å². The minimum atomic E-state index is 0.743. The molecule has 0 atom stereocenters. The van der Waals surface area contributed by atoms with Crippen LogP contribution < -0.4 is 0 Å². The van der Waals surface area contributed by atoms with Crippen molar-refractivity contribution in [2.75, 3.05) is 0 Å². The van der Waals surface area contributed by atoms with E-state index in [-0.39, 0.29) is 0 Å². The zero-order chi connectivity index (χ0) is 14.3. The molecular weight excluding hydrogens is 242 g/mol. The molecule has 0 aliphatic carbocycles. The highest BCUT2D eigenvalue weighted by atomic mass is 15.0. The van der Waals surface area contributed by atoms with Crippen molar-refractivity contribution in [3.05, 3.63) is 47.7 Å². The lowest BCUT2D eigenvalue weighted by atomic mass is 10.0. The second kappa shape index (κ2) is 4.97. The molecule has 20 heavy (non-hydrogen) atoms. The summed E-state index contributed by atoms with van der Waals surface area (Å²) in [4.78, 5) is 0. The van der Waals surface area contributed by atoms with Gasteiger partial charge in [0.25, 0.3) is 0 Å². The molecule has 0 aliphatic heterocycles. The second-order valence-electron chi connectivity index (χ2n) is 6.23. The molecule has 0 N–H and O–H groups in total. The van der Waals surface area contributed by atoms with Crippen molar-refractivity contribution in [2.24, 2.45) is 5.92 Å². The number of hydrogen-bond acceptors (Lipinski definition) is 0. The van der Waals surface area contributed by atoms with Crippen LogP contribution in [0.4, 0.5) is 0 Å². The quantitative estimate of drug-likeness (QED) is 0.593. The van der Waals surface area contributed by atoms with Crippen LogP contribution in [0.2, 0.25) is 0 Å². The van der Waals surface area contributed by atoms with E-state index in [0.717, 1.165) is 12.5 Å². The molecule has 0 radical (unpaired) electrons. The third-order valence-electron chi connectivity index (χ3n) is 4.45. The van der Waals surface area contributed by atoms with Gasteiger partial charge in [-0.1, -0.05) is 44.2 Å². The smallest absolute Gasteiger partial charge is 0.0491 e. The molecule has 1 heteroatoms. The lowest BCUT2D eigenvalue weighted by Gasteiger charge is -2.10. The maximum atomic E-state index is 2.50. The Morgan fingerprint density at radius 2 is 1.75 bits per heavy atom. The summed E-state index contributed by atoms with van der Waals surface area (Å²) in [6, 6.07) is 13.3. The van der Waals surface area contributed by atoms with Crippen LogP contribution in [-0.2, 0) is 6.54 Å². The Balaban J connectivity index is 2.27. The number of aromatic nitrogens is 1. The Kier molecular flexibility index (Phi) is 3.29. The van der Waals surface area contributed by atoms with Crippen LogP contribution >= 0.6 is 0 Å². The summed E-state index contributed by atoms with van der Waals surface area (Å²) < 4.78 is 2.50. The van der Waals surface area contributed by atoms with E-state index < -0.39 is 0 Å². The maximum absolute atomic E-state index is 2.50. The van der Waals surface area contributed by atoms with Crippen molar-refractivity contribution in [3.63, 3.8) is 0 Å². The third kappa shape index (κ3) is 2.02. The number of fused-ring (bicyclic) bond motifs is 3. The Morgan fingerprint density at radius 3 is 2.50 bits per heavy atom. The van der Waals surface area contributed by atoms with E-state index in [1.165, 1.54) is 39.4 Å². The largest absolute Gasteiger partial charge is 0.345 e. The van der Waals surface area contributed by atoms with Gasteiger partial charge in [-0.2, -0.15) is 0 Å². The van der Waals surface area contributed by atoms with Crippen LogP contribution in [0.25, 0.3) is 21.7 Å². The topological polar surface area (TPSA) is 4.93 Å². The Labute approximate surface area is 121 Å². The maximum Gasteiger partial charge on any atom is 0.0491 e. The molecule has 0 saturated heterocycles. The minimum Gasteiger partial charge on any atom is -0.345 e. The fourth-order valence-electron chi connectivity index (χ4n) is 3.12. The van der Waals surface area contributed by atoms with E-state index in [0.29, 0.717) is 0 Å². The Morgan fingerprint density at radius 1 is 1.00 bits per heavy atom. The average molecular weight is 265 g/mol. The SMILES string of the molecule is Cc1c(C)n(CCC(C)C)c2ccc3ccccc3c12. The number of nitrogens with zero attached hydrogens (tertiary/aromatic N) is 1. The number of rotatable bonds is 3. The molecule has 1 heterocycles. The van der Waals surface area contributed by atoms with E-state index >= 15 is 0 Å². The first-order valence-corrected chi connectivity index (χ1v) is 7.56. The van der Waals surface area contributed by atoms with Crippen molar-refractivity contribution >= 4 is 21.7 Å². The molecule has 2 aromatic carbocycles. The number of aryl methyl sites for hydroxylation is 2. The molecule has 0 unspecified atom stereocenters. The predicted molar refractivity (Wildman–Crippen MR) is 88.4 cm³/mol. The van der Waals surface area contributed by atoms with Gasteiger partial charge >= 0.3 is 0 Å². The molecule has 104 valence electrons. The first kappa shape index (κ1) is 13.2. The van der Waals surface area contributed by atoms with Gasteiger partial charge in [-0.05, 0) is 48.6 Å². The minimum absolute atomic E-state index is 0.743. The lowest BCUT2D eigenvalue weighted by molar-refractivity contribution is 0.519. The summed E-state index contributed by atoms with van der Waals surface area (Å²) in [5.41, 5.74) is 4.23. The first-order chi connectivity index (χ1) is 9.59. The fraction of sp³-hybridized carbons (Fsp3) is 0.368. The molecule has 1 nitrogen and oxygen atoms in total. The van der Waals surface area contributed by atoms with E-state index in [2.05, 4.69) is 68.7 Å². The molecule has 0 aliphatic rings. The van der Waals surface area contributed by atoms with Crippen molar-refractivity contribution in [1.82, 2.24) is 4.57 Å². The molecule has 1 aromatic heterocycles. The Bertz CT molecular complexity index is 762. The standard InChI is InChI=1S/C19H23N/c1-13(2)11-12-20-15(4)14(3)19-17-8-6-5-7-16(17)9-10-18(19)20/h5-10,13H,11-12H2,1-4H3. The predicted octanol–water partition coefficient (Wildman–Crippen LogP) is 5.46. The second-order valence-corrected chi connectivity index (χ2v) is 6.23. The van der Waals surface area contributed by atoms with Gasteiger partial charge in [-0.3, -0.25) is 0 Å². The van der Waals surface area contributed by atoms with Gasteiger partial charge in [-0.25, -0.2) is 0 Å². The third-order valence-corrected chi connectivity index (χ3v) is 4.45. The highest BCUT2D eigenvalue weighted by molar-refractivity contribution is 6.08. The zero-order valence-corrected chi connectivity index (χ0v) is 12.9. The summed E-state index contributed by atoms with van der Waals surface area (Å²) in [6.45, 7) is 10.2. The van der Waals surface area contributed by atoms with Gasteiger partial charge in [0, 0.05) is 23.1 Å². The van der Waals surface area contributed by atoms with Crippen LogP contribution in [0.15, 0.2) is 36.4 Å². The summed E-state index contributed by atoms with van der Waals surface area (Å²) >= 11 is 0. The summed E-state index contributed by atoms with van der Waals surface area (Å²) in [5, 5.41) is 4.15. The number of hydrogen-bond donors (Lipinski definition) is 0. The Hall–Kier alpha value is -1.76. The van der Waals surface area contributed by atoms with Crippen LogP contribution in [0, 0.1) is 19.8 Å². The fourth-order valence-corrected chi connectivity index (χ4v) is 3.12. The summed E-state index contributed by atoms with van der Waals surface area (Å²) in [7, 11) is 0. The van der Waals surface area contributed by atoms with Crippen LogP contribution in [0.5, 0.6) is 0 Å². The van der Waals surface area contributed by atoms with Gasteiger partial charge in [0.15, 0.2) is 0 Å². The zero-order valence-electron chi connectivity index (χ0n) is 12.9. The first-order valence-electron chi connectivity index (χ1n) is 7.56. The monoisotopic (exact) mass is 265 g/mol. The van der Waals surface area contributed by atoms with Crippen LogP contribution in [-0.4, -0.2) is 4.57 Å². The summed E-state index contributed by atoms with van der Waals surface area (Å²) in [6.07, 6.45) is 1.23. The van der Waals surface area contributed by atoms with Crippen molar-refractivity contribution < 1.29 is 0 Å². The van der Waals surface area contributed by atoms with Gasteiger partial charge in [-0.15, -0.1) is 0 Å². The van der Waals surface area contributed by atoms with Crippen molar-refractivity contribution in [1.29, 1.82) is 0 Å². The molecule has 0 amide bonds. The van der Waals surface area contributed by atoms with Gasteiger partial charge in [0.2, 0.25) is 0 Å². The molecule has 0 fully saturated rings. The lowest BCUT2D eigenvalue weighted by Crippen LogP contribution is -2.03. The summed E-state index contributed by atoms with van der Waals surface area (Å²) in [5.74, 6) is 0.743. The van der Waals surface area contributed by atoms with Crippen LogP contribution in [0.3, 0.4) is 0 Å². The van der Waals surface area contributed by atoms with Gasteiger partial charge < -0.3 is 4.57 Å². The molecule has 0 bridgehead atoms. The van der Waals surface area contributed by atoms with Gasteiger partial charge in [0.1, 0.15) is 0 Å². The normalized spacial score (nSPS) is 11.8. The van der Waals surface area contributed by atoms with E-state index in [1.54, 1.807) is 0 Å². The van der Waals surface area contributed by atoms with Crippen molar-refractivity contribution in [3.8, 4) is 0 Å². The average Bonchev–Trinajstić information content (AvgIpc) is 2.69.